The van der Waals surface area contributed by atoms with E-state index in [4.69, 9.17) is 16.3 Å². The van der Waals surface area contributed by atoms with Crippen LogP contribution < -0.4 is 4.74 Å². The molecule has 1 saturated heterocycles. The number of hydrogen-bond donors (Lipinski definition) is 1. The lowest BCUT2D eigenvalue weighted by Crippen LogP contribution is -2.47. The summed E-state index contributed by atoms with van der Waals surface area (Å²) in [6.45, 7) is 5.35. The molecule has 25 heavy (non-hydrogen) atoms. The molecule has 0 bridgehead atoms. The van der Waals surface area contributed by atoms with Crippen LogP contribution in [0.5, 0.6) is 5.75 Å². The molecule has 5 heteroatoms. The molecule has 1 aliphatic rings. The molecule has 4 nitrogen and oxygen atoms in total. The van der Waals surface area contributed by atoms with Gasteiger partial charge in [-0.3, -0.25) is 9.80 Å². The van der Waals surface area contributed by atoms with Crippen LogP contribution in [0.4, 0.5) is 0 Å². The van der Waals surface area contributed by atoms with E-state index in [0.29, 0.717) is 6.54 Å². The molecule has 1 fully saturated rings. The van der Waals surface area contributed by atoms with Gasteiger partial charge >= 0.3 is 0 Å². The highest BCUT2D eigenvalue weighted by atomic mass is 35.5. The van der Waals surface area contributed by atoms with Gasteiger partial charge in [0.15, 0.2) is 0 Å². The first-order valence-electron chi connectivity index (χ1n) is 8.66. The molecule has 0 aliphatic carbocycles. The Morgan fingerprint density at radius 3 is 2.40 bits per heavy atom. The third-order valence-electron chi connectivity index (χ3n) is 4.72. The third-order valence-corrected chi connectivity index (χ3v) is 4.95. The highest BCUT2D eigenvalue weighted by Crippen LogP contribution is 2.24. The first-order valence-corrected chi connectivity index (χ1v) is 9.03. The Hall–Kier alpha value is -1.59. The Morgan fingerprint density at radius 2 is 1.72 bits per heavy atom. The van der Waals surface area contributed by atoms with Crippen molar-refractivity contribution >= 4 is 11.6 Å². The van der Waals surface area contributed by atoms with Gasteiger partial charge in [0.1, 0.15) is 5.75 Å². The van der Waals surface area contributed by atoms with Crippen LogP contribution in [0, 0.1) is 0 Å². The van der Waals surface area contributed by atoms with E-state index >= 15 is 0 Å². The lowest BCUT2D eigenvalue weighted by molar-refractivity contribution is 0.0698. The van der Waals surface area contributed by atoms with Crippen LogP contribution in [0.2, 0.25) is 5.02 Å². The van der Waals surface area contributed by atoms with E-state index in [9.17, 15) is 5.11 Å². The van der Waals surface area contributed by atoms with Crippen molar-refractivity contribution in [2.45, 2.75) is 12.6 Å². The van der Waals surface area contributed by atoms with Gasteiger partial charge in [-0.25, -0.2) is 0 Å². The van der Waals surface area contributed by atoms with Crippen LogP contribution in [0.25, 0.3) is 0 Å². The molecule has 2 aromatic rings. The molecule has 1 heterocycles. The zero-order valence-corrected chi connectivity index (χ0v) is 15.3. The minimum atomic E-state index is -0.430. The van der Waals surface area contributed by atoms with Crippen LogP contribution in [-0.2, 0) is 6.54 Å². The predicted molar refractivity (Wildman–Crippen MR) is 101 cm³/mol. The molecule has 0 amide bonds. The number of β-amino-alcohol motifs (C(OH)–C–C–N with tert-alkyl or cyclic N) is 1. The normalized spacial score (nSPS) is 17.4. The number of nitrogens with zero attached hydrogens (tertiary/aromatic N) is 2. The number of piperazine rings is 1. The summed E-state index contributed by atoms with van der Waals surface area (Å²) < 4.78 is 5.44. The first-order chi connectivity index (χ1) is 12.2. The summed E-state index contributed by atoms with van der Waals surface area (Å²) >= 11 is 6.12. The molecule has 1 N–H and O–H groups in total. The Labute approximate surface area is 154 Å². The number of aliphatic hydroxyl groups is 1. The average Bonchev–Trinajstić information content (AvgIpc) is 2.64. The molecular formula is C20H25ClN2O2. The second-order valence-corrected chi connectivity index (χ2v) is 6.90. The molecule has 0 aromatic heterocycles. The van der Waals surface area contributed by atoms with Gasteiger partial charge < -0.3 is 9.84 Å². The molecule has 0 saturated carbocycles. The molecule has 0 unspecified atom stereocenters. The van der Waals surface area contributed by atoms with Crippen LogP contribution >= 0.6 is 11.6 Å². The SMILES string of the molecule is COc1ccc(Cl)cc1CN1CCN(C[C@@H](O)c2ccccc2)CC1. The fraction of sp³-hybridized carbons (Fsp3) is 0.400. The lowest BCUT2D eigenvalue weighted by Gasteiger charge is -2.35. The molecular weight excluding hydrogens is 336 g/mol. The highest BCUT2D eigenvalue weighted by molar-refractivity contribution is 6.30. The topological polar surface area (TPSA) is 35.9 Å². The van der Waals surface area contributed by atoms with Gasteiger partial charge in [0.05, 0.1) is 13.2 Å². The Bertz CT molecular complexity index is 673. The summed E-state index contributed by atoms with van der Waals surface area (Å²) in [7, 11) is 1.69. The second-order valence-electron chi connectivity index (χ2n) is 6.46. The fourth-order valence-electron chi connectivity index (χ4n) is 3.27. The number of methoxy groups -OCH3 is 1. The van der Waals surface area contributed by atoms with Gasteiger partial charge in [-0.2, -0.15) is 0 Å². The van der Waals surface area contributed by atoms with E-state index in [1.54, 1.807) is 7.11 Å². The average molecular weight is 361 g/mol. The molecule has 2 aromatic carbocycles. The van der Waals surface area contributed by atoms with E-state index in [0.717, 1.165) is 54.6 Å². The van der Waals surface area contributed by atoms with Crippen molar-refractivity contribution in [2.24, 2.45) is 0 Å². The standard InChI is InChI=1S/C20H25ClN2O2/c1-25-20-8-7-18(21)13-17(20)14-22-9-11-23(12-10-22)15-19(24)16-5-3-2-4-6-16/h2-8,13,19,24H,9-12,14-15H2,1H3/t19-/m1/s1. The predicted octanol–water partition coefficient (Wildman–Crippen LogP) is 3.20. The van der Waals surface area contributed by atoms with Gasteiger partial charge in [0.25, 0.3) is 0 Å². The van der Waals surface area contributed by atoms with Crippen molar-refractivity contribution in [3.8, 4) is 5.75 Å². The summed E-state index contributed by atoms with van der Waals surface area (Å²) in [6.07, 6.45) is -0.430. The maximum Gasteiger partial charge on any atom is 0.123 e. The van der Waals surface area contributed by atoms with Crippen molar-refractivity contribution in [1.82, 2.24) is 9.80 Å². The maximum absolute atomic E-state index is 10.4. The monoisotopic (exact) mass is 360 g/mol. The summed E-state index contributed by atoms with van der Waals surface area (Å²) in [5, 5.41) is 11.1. The summed E-state index contributed by atoms with van der Waals surface area (Å²) in [5.41, 5.74) is 2.10. The van der Waals surface area contributed by atoms with Crippen molar-refractivity contribution in [2.75, 3.05) is 39.8 Å². The quantitative estimate of drug-likeness (QED) is 0.858. The van der Waals surface area contributed by atoms with Crippen LogP contribution in [0.3, 0.4) is 0 Å². The van der Waals surface area contributed by atoms with Gasteiger partial charge in [-0.15, -0.1) is 0 Å². The van der Waals surface area contributed by atoms with Gasteiger partial charge in [-0.05, 0) is 23.8 Å². The fourth-order valence-corrected chi connectivity index (χ4v) is 3.46. The molecule has 3 rings (SSSR count). The minimum Gasteiger partial charge on any atom is -0.496 e. The van der Waals surface area contributed by atoms with Crippen molar-refractivity contribution in [1.29, 1.82) is 0 Å². The van der Waals surface area contributed by atoms with E-state index in [-0.39, 0.29) is 0 Å². The molecule has 1 atom stereocenters. The molecule has 1 aliphatic heterocycles. The smallest absolute Gasteiger partial charge is 0.123 e. The molecule has 0 spiro atoms. The van der Waals surface area contributed by atoms with Crippen LogP contribution in [0.15, 0.2) is 48.5 Å². The molecule has 134 valence electrons. The van der Waals surface area contributed by atoms with Gasteiger partial charge in [0.2, 0.25) is 0 Å². The Balaban J connectivity index is 1.51. The summed E-state index contributed by atoms with van der Waals surface area (Å²) in [4.78, 5) is 4.73. The van der Waals surface area contributed by atoms with E-state index in [1.807, 2.05) is 48.5 Å². The van der Waals surface area contributed by atoms with Crippen LogP contribution in [0.1, 0.15) is 17.2 Å². The van der Waals surface area contributed by atoms with Gasteiger partial charge in [0, 0.05) is 49.9 Å². The van der Waals surface area contributed by atoms with Gasteiger partial charge in [-0.1, -0.05) is 41.9 Å². The van der Waals surface area contributed by atoms with Crippen LogP contribution in [-0.4, -0.2) is 54.7 Å². The molecule has 0 radical (unpaired) electrons. The Kier molecular flexibility index (Phi) is 6.32. The third kappa shape index (κ3) is 4.95. The number of benzene rings is 2. The minimum absolute atomic E-state index is 0.430. The zero-order valence-electron chi connectivity index (χ0n) is 14.6. The lowest BCUT2D eigenvalue weighted by atomic mass is 10.1. The number of ether oxygens (including phenoxy) is 1. The van der Waals surface area contributed by atoms with E-state index in [1.165, 1.54) is 0 Å². The van der Waals surface area contributed by atoms with Crippen molar-refractivity contribution in [3.63, 3.8) is 0 Å². The number of aliphatic hydroxyl groups excluding tert-OH is 1. The van der Waals surface area contributed by atoms with Crippen molar-refractivity contribution in [3.05, 3.63) is 64.7 Å². The van der Waals surface area contributed by atoms with E-state index < -0.39 is 6.10 Å². The number of halogens is 1. The first kappa shape index (κ1) is 18.2. The summed E-state index contributed by atoms with van der Waals surface area (Å²) in [6, 6.07) is 15.6. The largest absolute Gasteiger partial charge is 0.496 e. The zero-order chi connectivity index (χ0) is 17.6. The number of hydrogen-bond acceptors (Lipinski definition) is 4. The number of rotatable bonds is 6. The Morgan fingerprint density at radius 1 is 1.04 bits per heavy atom. The second kappa shape index (κ2) is 8.68. The summed E-state index contributed by atoms with van der Waals surface area (Å²) in [5.74, 6) is 0.881. The van der Waals surface area contributed by atoms with E-state index in [2.05, 4.69) is 9.80 Å². The maximum atomic E-state index is 10.4. The van der Waals surface area contributed by atoms with Crippen molar-refractivity contribution < 1.29 is 9.84 Å². The highest BCUT2D eigenvalue weighted by Gasteiger charge is 2.20.